The molecule has 6 heteroatoms. The summed E-state index contributed by atoms with van der Waals surface area (Å²) < 4.78 is 16.9. The first-order valence-electron chi connectivity index (χ1n) is 8.11. The van der Waals surface area contributed by atoms with Crippen LogP contribution in [0.15, 0.2) is 30.8 Å². The summed E-state index contributed by atoms with van der Waals surface area (Å²) >= 11 is 0. The first-order chi connectivity index (χ1) is 11.2. The third kappa shape index (κ3) is 6.95. The van der Waals surface area contributed by atoms with Crippen LogP contribution >= 0.6 is 0 Å². The summed E-state index contributed by atoms with van der Waals surface area (Å²) in [5, 5.41) is 0. The molecule has 0 fully saturated rings. The van der Waals surface area contributed by atoms with Crippen molar-refractivity contribution < 1.29 is 13.3 Å². The van der Waals surface area contributed by atoms with Crippen molar-refractivity contribution >= 4 is 14.9 Å². The van der Waals surface area contributed by atoms with Crippen molar-refractivity contribution in [3.05, 3.63) is 42.0 Å². The Hall–Kier alpha value is -1.02. The van der Waals surface area contributed by atoms with Gasteiger partial charge in [-0.3, -0.25) is 10.9 Å². The van der Waals surface area contributed by atoms with Gasteiger partial charge in [-0.1, -0.05) is 43.8 Å². The zero-order chi connectivity index (χ0) is 17.0. The molecule has 23 heavy (non-hydrogen) atoms. The fourth-order valence-electron chi connectivity index (χ4n) is 2.27. The van der Waals surface area contributed by atoms with Gasteiger partial charge >= 0.3 is 8.80 Å². The monoisotopic (exact) mass is 338 g/mol. The van der Waals surface area contributed by atoms with Crippen LogP contribution in [0.1, 0.15) is 30.9 Å². The van der Waals surface area contributed by atoms with E-state index in [1.54, 1.807) is 14.2 Å². The molecule has 0 aliphatic rings. The summed E-state index contributed by atoms with van der Waals surface area (Å²) in [5.41, 5.74) is 8.84. The first-order valence-corrected chi connectivity index (χ1v) is 10.0. The Morgan fingerprint density at radius 3 is 2.57 bits per heavy atom. The maximum atomic E-state index is 5.82. The Bertz CT molecular complexity index is 453. The molecule has 0 spiro atoms. The lowest BCUT2D eigenvalue weighted by molar-refractivity contribution is 0.0977. The van der Waals surface area contributed by atoms with Crippen molar-refractivity contribution in [3.63, 3.8) is 0 Å². The van der Waals surface area contributed by atoms with Crippen LogP contribution < -0.4 is 10.9 Å². The smallest absolute Gasteiger partial charge is 0.377 e. The van der Waals surface area contributed by atoms with Crippen LogP contribution in [0.4, 0.5) is 0 Å². The van der Waals surface area contributed by atoms with Crippen molar-refractivity contribution in [1.29, 1.82) is 0 Å². The van der Waals surface area contributed by atoms with E-state index in [1.165, 1.54) is 5.56 Å². The lowest BCUT2D eigenvalue weighted by Crippen LogP contribution is -2.45. The maximum absolute atomic E-state index is 5.82. The zero-order valence-corrected chi connectivity index (χ0v) is 15.6. The Labute approximate surface area is 141 Å². The van der Waals surface area contributed by atoms with Crippen LogP contribution in [-0.4, -0.2) is 36.2 Å². The Kier molecular flexibility index (Phi) is 10.0. The van der Waals surface area contributed by atoms with Gasteiger partial charge in [0.05, 0.1) is 0 Å². The molecule has 0 aromatic heterocycles. The molecular formula is C17H30N2O3Si. The molecule has 1 rings (SSSR count). The molecule has 1 aromatic rings. The fraction of sp³-hybridized carbons (Fsp3) is 0.529. The second kappa shape index (κ2) is 11.5. The molecule has 0 amide bonds. The van der Waals surface area contributed by atoms with E-state index in [1.807, 2.05) is 18.2 Å². The summed E-state index contributed by atoms with van der Waals surface area (Å²) in [5.74, 6) is 0. The van der Waals surface area contributed by atoms with Crippen LogP contribution in [0.25, 0.3) is 6.08 Å². The van der Waals surface area contributed by atoms with E-state index in [0.29, 0.717) is 6.61 Å². The minimum absolute atomic E-state index is 0.678. The molecule has 5 nitrogen and oxygen atoms in total. The molecule has 0 atom stereocenters. The van der Waals surface area contributed by atoms with E-state index in [0.717, 1.165) is 37.5 Å². The summed E-state index contributed by atoms with van der Waals surface area (Å²) in [6, 6.07) is 9.01. The highest BCUT2D eigenvalue weighted by molar-refractivity contribution is 6.60. The predicted molar refractivity (Wildman–Crippen MR) is 96.8 cm³/mol. The lowest BCUT2D eigenvalue weighted by Gasteiger charge is -2.26. The third-order valence-electron chi connectivity index (χ3n) is 3.61. The summed E-state index contributed by atoms with van der Waals surface area (Å²) in [6.45, 7) is 8.18. The number of benzene rings is 1. The molecule has 0 saturated heterocycles. The minimum atomic E-state index is -2.48. The van der Waals surface area contributed by atoms with E-state index >= 15 is 0 Å². The second-order valence-electron chi connectivity index (χ2n) is 5.23. The van der Waals surface area contributed by atoms with Crippen LogP contribution in [0.2, 0.25) is 6.04 Å². The Balaban J connectivity index is 2.27. The SMILES string of the molecule is C=Cc1ccccc1CNNCCC[Si](OC)(OC)OCCC. The largest absolute Gasteiger partial charge is 0.500 e. The molecule has 0 bridgehead atoms. The summed E-state index contributed by atoms with van der Waals surface area (Å²) in [7, 11) is 0.856. The molecular weight excluding hydrogens is 308 g/mol. The van der Waals surface area contributed by atoms with Crippen molar-refractivity contribution in [2.24, 2.45) is 0 Å². The summed E-state index contributed by atoms with van der Waals surface area (Å²) in [4.78, 5) is 0. The van der Waals surface area contributed by atoms with Crippen molar-refractivity contribution in [1.82, 2.24) is 10.9 Å². The van der Waals surface area contributed by atoms with E-state index in [2.05, 4.69) is 36.5 Å². The number of rotatable bonds is 13. The molecule has 0 aliphatic heterocycles. The fourth-order valence-corrected chi connectivity index (χ4v) is 4.35. The first kappa shape index (κ1) is 20.0. The van der Waals surface area contributed by atoms with Gasteiger partial charge in [0.1, 0.15) is 0 Å². The van der Waals surface area contributed by atoms with Gasteiger partial charge in [-0.2, -0.15) is 0 Å². The van der Waals surface area contributed by atoms with E-state index in [4.69, 9.17) is 13.3 Å². The van der Waals surface area contributed by atoms with Crippen LogP contribution in [0.3, 0.4) is 0 Å². The number of hydrogen-bond donors (Lipinski definition) is 2. The highest BCUT2D eigenvalue weighted by atomic mass is 28.4. The van der Waals surface area contributed by atoms with Gasteiger partial charge in [0.15, 0.2) is 0 Å². The lowest BCUT2D eigenvalue weighted by atomic mass is 10.1. The standard InChI is InChI=1S/C17H30N2O3Si/c1-5-13-22-23(20-3,21-4)14-9-12-18-19-15-17-11-8-7-10-16(17)6-2/h6-8,10-11,18-19H,2,5,9,12-15H2,1,3-4H3. The maximum Gasteiger partial charge on any atom is 0.500 e. The number of hydrogen-bond acceptors (Lipinski definition) is 5. The summed E-state index contributed by atoms with van der Waals surface area (Å²) in [6.07, 6.45) is 3.76. The second-order valence-corrected chi connectivity index (χ2v) is 8.20. The van der Waals surface area contributed by atoms with Crippen LogP contribution in [0, 0.1) is 0 Å². The molecule has 0 unspecified atom stereocenters. The van der Waals surface area contributed by atoms with E-state index in [9.17, 15) is 0 Å². The van der Waals surface area contributed by atoms with Gasteiger partial charge in [-0.15, -0.1) is 0 Å². The molecule has 0 aliphatic carbocycles. The third-order valence-corrected chi connectivity index (χ3v) is 6.47. The van der Waals surface area contributed by atoms with Gasteiger partial charge in [0.25, 0.3) is 0 Å². The van der Waals surface area contributed by atoms with Gasteiger partial charge in [-0.05, 0) is 24.0 Å². The molecule has 1 aromatic carbocycles. The topological polar surface area (TPSA) is 51.8 Å². The average molecular weight is 339 g/mol. The Morgan fingerprint density at radius 1 is 1.17 bits per heavy atom. The van der Waals surface area contributed by atoms with Gasteiger partial charge in [-0.25, -0.2) is 0 Å². The predicted octanol–water partition coefficient (Wildman–Crippen LogP) is 2.97. The van der Waals surface area contributed by atoms with E-state index in [-0.39, 0.29) is 0 Å². The number of nitrogens with one attached hydrogen (secondary N) is 2. The molecule has 0 radical (unpaired) electrons. The van der Waals surface area contributed by atoms with Gasteiger partial charge < -0.3 is 13.3 Å². The normalized spacial score (nSPS) is 11.6. The average Bonchev–Trinajstić information content (AvgIpc) is 2.61. The highest BCUT2D eigenvalue weighted by Gasteiger charge is 2.37. The van der Waals surface area contributed by atoms with Crippen LogP contribution in [-0.2, 0) is 19.8 Å². The highest BCUT2D eigenvalue weighted by Crippen LogP contribution is 2.16. The quantitative estimate of drug-likeness (QED) is 0.329. The Morgan fingerprint density at radius 2 is 1.91 bits per heavy atom. The van der Waals surface area contributed by atoms with Crippen LogP contribution in [0.5, 0.6) is 0 Å². The van der Waals surface area contributed by atoms with Crippen molar-refractivity contribution in [2.75, 3.05) is 27.4 Å². The number of hydrazine groups is 1. The molecule has 0 saturated carbocycles. The minimum Gasteiger partial charge on any atom is -0.377 e. The zero-order valence-electron chi connectivity index (χ0n) is 14.6. The van der Waals surface area contributed by atoms with Gasteiger partial charge in [0.2, 0.25) is 0 Å². The van der Waals surface area contributed by atoms with Crippen molar-refractivity contribution in [2.45, 2.75) is 32.4 Å². The van der Waals surface area contributed by atoms with E-state index < -0.39 is 8.80 Å². The molecule has 2 N–H and O–H groups in total. The van der Waals surface area contributed by atoms with Crippen molar-refractivity contribution in [3.8, 4) is 0 Å². The molecule has 130 valence electrons. The van der Waals surface area contributed by atoms with Gasteiger partial charge in [0, 0.05) is 40.0 Å². The molecule has 0 heterocycles.